The van der Waals surface area contributed by atoms with E-state index in [9.17, 15) is 4.39 Å². The first-order valence-corrected chi connectivity index (χ1v) is 6.13. The Labute approximate surface area is 105 Å². The highest BCUT2D eigenvalue weighted by molar-refractivity contribution is 5.95. The van der Waals surface area contributed by atoms with Crippen LogP contribution in [-0.4, -0.2) is 0 Å². The number of benzene rings is 3. The van der Waals surface area contributed by atoms with Crippen LogP contribution in [0.1, 0.15) is 11.1 Å². The Hall–Kier alpha value is -2.15. The van der Waals surface area contributed by atoms with E-state index in [-0.39, 0.29) is 5.82 Å². The van der Waals surface area contributed by atoms with Crippen LogP contribution in [0.4, 0.5) is 4.39 Å². The Kier molecular flexibility index (Phi) is 1.87. The maximum Gasteiger partial charge on any atom is 0.131 e. The number of halogens is 1. The maximum absolute atomic E-state index is 13.8. The first kappa shape index (κ1) is 9.84. The number of fused-ring (bicyclic) bond motifs is 5. The zero-order chi connectivity index (χ0) is 12.1. The summed E-state index contributed by atoms with van der Waals surface area (Å²) in [7, 11) is 0. The second-order valence-electron chi connectivity index (χ2n) is 4.76. The van der Waals surface area contributed by atoms with Crippen LogP contribution in [0.5, 0.6) is 0 Å². The van der Waals surface area contributed by atoms with E-state index < -0.39 is 0 Å². The molecule has 0 bridgehead atoms. The van der Waals surface area contributed by atoms with Gasteiger partial charge < -0.3 is 0 Å². The smallest absolute Gasteiger partial charge is 0.131 e. The van der Waals surface area contributed by atoms with Crippen molar-refractivity contribution in [1.29, 1.82) is 0 Å². The van der Waals surface area contributed by atoms with Gasteiger partial charge in [0, 0.05) is 5.39 Å². The van der Waals surface area contributed by atoms with Crippen LogP contribution in [0.15, 0.2) is 54.6 Å². The summed E-state index contributed by atoms with van der Waals surface area (Å²) in [5.74, 6) is -0.133. The van der Waals surface area contributed by atoms with E-state index in [0.29, 0.717) is 0 Å². The van der Waals surface area contributed by atoms with Crippen molar-refractivity contribution in [2.45, 2.75) is 6.42 Å². The van der Waals surface area contributed by atoms with E-state index in [4.69, 9.17) is 0 Å². The molecular weight excluding hydrogens is 223 g/mol. The van der Waals surface area contributed by atoms with Crippen molar-refractivity contribution >= 4 is 10.8 Å². The van der Waals surface area contributed by atoms with Gasteiger partial charge in [-0.05, 0) is 40.1 Å². The first-order valence-electron chi connectivity index (χ1n) is 6.13. The molecule has 18 heavy (non-hydrogen) atoms. The minimum Gasteiger partial charge on any atom is -0.206 e. The second kappa shape index (κ2) is 3.42. The van der Waals surface area contributed by atoms with Crippen LogP contribution in [0, 0.1) is 5.82 Å². The molecule has 0 unspecified atom stereocenters. The van der Waals surface area contributed by atoms with Gasteiger partial charge in [-0.25, -0.2) is 4.39 Å². The number of rotatable bonds is 0. The molecule has 0 nitrogen and oxygen atoms in total. The van der Waals surface area contributed by atoms with Crippen molar-refractivity contribution in [3.63, 3.8) is 0 Å². The quantitative estimate of drug-likeness (QED) is 0.418. The van der Waals surface area contributed by atoms with Crippen molar-refractivity contribution in [3.05, 3.63) is 71.5 Å². The van der Waals surface area contributed by atoms with Crippen LogP contribution < -0.4 is 0 Å². The van der Waals surface area contributed by atoms with Gasteiger partial charge in [-0.3, -0.25) is 0 Å². The summed E-state index contributed by atoms with van der Waals surface area (Å²) in [4.78, 5) is 0. The third-order valence-corrected chi connectivity index (χ3v) is 3.79. The standard InChI is InChI=1S/C17H11F/c18-17-7-3-6-13-15(17)9-8-14-12-5-2-1-4-11(12)10-16(13)14/h1-9H,10H2. The topological polar surface area (TPSA) is 0 Å². The third kappa shape index (κ3) is 1.19. The molecule has 0 spiro atoms. The largest absolute Gasteiger partial charge is 0.206 e. The van der Waals surface area contributed by atoms with E-state index in [0.717, 1.165) is 17.2 Å². The van der Waals surface area contributed by atoms with E-state index in [1.54, 1.807) is 6.07 Å². The highest BCUT2D eigenvalue weighted by Crippen LogP contribution is 2.40. The summed E-state index contributed by atoms with van der Waals surface area (Å²) in [5.41, 5.74) is 5.14. The van der Waals surface area contributed by atoms with Gasteiger partial charge in [-0.15, -0.1) is 0 Å². The minimum atomic E-state index is -0.133. The van der Waals surface area contributed by atoms with Crippen LogP contribution in [0.25, 0.3) is 21.9 Å². The predicted molar refractivity (Wildman–Crippen MR) is 72.1 cm³/mol. The predicted octanol–water partition coefficient (Wildman–Crippen LogP) is 4.55. The Bertz CT molecular complexity index is 772. The maximum atomic E-state index is 13.8. The Balaban J connectivity index is 2.11. The number of hydrogen-bond acceptors (Lipinski definition) is 0. The average Bonchev–Trinajstić information content (AvgIpc) is 2.78. The van der Waals surface area contributed by atoms with E-state index >= 15 is 0 Å². The van der Waals surface area contributed by atoms with Crippen LogP contribution >= 0.6 is 0 Å². The fourth-order valence-corrected chi connectivity index (χ4v) is 2.95. The lowest BCUT2D eigenvalue weighted by Crippen LogP contribution is -1.86. The summed E-state index contributed by atoms with van der Waals surface area (Å²) in [5, 5.41) is 1.77. The van der Waals surface area contributed by atoms with Gasteiger partial charge in [-0.2, -0.15) is 0 Å². The molecular formula is C17H11F. The summed E-state index contributed by atoms with van der Waals surface area (Å²) < 4.78 is 13.8. The van der Waals surface area contributed by atoms with Crippen molar-refractivity contribution in [3.8, 4) is 11.1 Å². The average molecular weight is 234 g/mol. The normalized spacial score (nSPS) is 12.5. The highest BCUT2D eigenvalue weighted by atomic mass is 19.1. The van der Waals surface area contributed by atoms with Crippen LogP contribution in [-0.2, 0) is 6.42 Å². The van der Waals surface area contributed by atoms with Crippen molar-refractivity contribution in [2.75, 3.05) is 0 Å². The minimum absolute atomic E-state index is 0.133. The molecule has 0 aromatic heterocycles. The van der Waals surface area contributed by atoms with Crippen molar-refractivity contribution in [1.82, 2.24) is 0 Å². The summed E-state index contributed by atoms with van der Waals surface area (Å²) in [6, 6.07) is 17.7. The van der Waals surface area contributed by atoms with Gasteiger partial charge in [-0.1, -0.05) is 48.5 Å². The fourth-order valence-electron chi connectivity index (χ4n) is 2.95. The second-order valence-corrected chi connectivity index (χ2v) is 4.76. The van der Waals surface area contributed by atoms with Crippen molar-refractivity contribution < 1.29 is 4.39 Å². The van der Waals surface area contributed by atoms with Gasteiger partial charge in [0.1, 0.15) is 5.82 Å². The molecule has 0 saturated heterocycles. The lowest BCUT2D eigenvalue weighted by Gasteiger charge is -2.06. The molecule has 4 rings (SSSR count). The molecule has 1 aliphatic carbocycles. The third-order valence-electron chi connectivity index (χ3n) is 3.79. The zero-order valence-corrected chi connectivity index (χ0v) is 9.78. The Morgan fingerprint density at radius 2 is 1.61 bits per heavy atom. The summed E-state index contributed by atoms with van der Waals surface area (Å²) >= 11 is 0. The van der Waals surface area contributed by atoms with E-state index in [1.165, 1.54) is 28.3 Å². The molecule has 0 saturated carbocycles. The zero-order valence-electron chi connectivity index (χ0n) is 9.78. The monoisotopic (exact) mass is 234 g/mol. The van der Waals surface area contributed by atoms with E-state index in [1.807, 2.05) is 18.2 Å². The lowest BCUT2D eigenvalue weighted by molar-refractivity contribution is 0.640. The molecule has 0 amide bonds. The molecule has 3 aromatic carbocycles. The summed E-state index contributed by atoms with van der Waals surface area (Å²) in [6.07, 6.45) is 0.909. The molecule has 0 N–H and O–H groups in total. The number of hydrogen-bond donors (Lipinski definition) is 0. The Morgan fingerprint density at radius 1 is 0.722 bits per heavy atom. The molecule has 0 fully saturated rings. The molecule has 3 aromatic rings. The van der Waals surface area contributed by atoms with Gasteiger partial charge in [0.05, 0.1) is 0 Å². The summed E-state index contributed by atoms with van der Waals surface area (Å²) in [6.45, 7) is 0. The molecule has 0 atom stereocenters. The van der Waals surface area contributed by atoms with Gasteiger partial charge >= 0.3 is 0 Å². The van der Waals surface area contributed by atoms with Crippen molar-refractivity contribution in [2.24, 2.45) is 0 Å². The first-order chi connectivity index (χ1) is 8.84. The molecule has 0 radical (unpaired) electrons. The van der Waals surface area contributed by atoms with Gasteiger partial charge in [0.15, 0.2) is 0 Å². The highest BCUT2D eigenvalue weighted by Gasteiger charge is 2.20. The van der Waals surface area contributed by atoms with Gasteiger partial charge in [0.2, 0.25) is 0 Å². The molecule has 0 aliphatic heterocycles. The molecule has 0 heterocycles. The molecule has 86 valence electrons. The molecule has 1 aliphatic rings. The SMILES string of the molecule is Fc1cccc2c3c(ccc12)-c1ccccc1C3. The van der Waals surface area contributed by atoms with E-state index in [2.05, 4.69) is 24.3 Å². The van der Waals surface area contributed by atoms with Crippen LogP contribution in [0.3, 0.4) is 0 Å². The van der Waals surface area contributed by atoms with Crippen LogP contribution in [0.2, 0.25) is 0 Å². The Morgan fingerprint density at radius 3 is 2.56 bits per heavy atom. The fraction of sp³-hybridized carbons (Fsp3) is 0.0588. The van der Waals surface area contributed by atoms with Gasteiger partial charge in [0.25, 0.3) is 0 Å². The molecule has 1 heteroatoms. The lowest BCUT2D eigenvalue weighted by atomic mass is 9.99.